The Labute approximate surface area is 168 Å². The number of hydrogen-bond acceptors (Lipinski definition) is 3. The molecule has 0 aliphatic rings. The number of carbonyl (C=O) groups is 2. The summed E-state index contributed by atoms with van der Waals surface area (Å²) >= 11 is 6.05. The van der Waals surface area contributed by atoms with Crippen molar-refractivity contribution in [1.82, 2.24) is 0 Å². The molecule has 0 aromatic heterocycles. The van der Waals surface area contributed by atoms with Crippen LogP contribution in [0.1, 0.15) is 15.9 Å². The van der Waals surface area contributed by atoms with Gasteiger partial charge in [-0.2, -0.15) is 0 Å². The zero-order chi connectivity index (χ0) is 19.9. The Bertz CT molecular complexity index is 973. The normalized spacial score (nSPS) is 10.2. The Hall–Kier alpha value is -3.31. The molecule has 28 heavy (non-hydrogen) atoms. The van der Waals surface area contributed by atoms with Gasteiger partial charge >= 0.3 is 0 Å². The minimum atomic E-state index is -0.290. The van der Waals surface area contributed by atoms with E-state index in [1.165, 1.54) is 0 Å². The summed E-state index contributed by atoms with van der Waals surface area (Å²) in [5, 5.41) is 6.13. The fourth-order valence-electron chi connectivity index (χ4n) is 2.44. The van der Waals surface area contributed by atoms with Crippen molar-refractivity contribution in [3.63, 3.8) is 0 Å². The number of ether oxygens (including phenoxy) is 1. The van der Waals surface area contributed by atoms with Crippen molar-refractivity contribution in [1.29, 1.82) is 0 Å². The van der Waals surface area contributed by atoms with E-state index >= 15 is 0 Å². The number of hydrogen-bond donors (Lipinski definition) is 2. The zero-order valence-electron chi connectivity index (χ0n) is 15.2. The second-order valence-corrected chi connectivity index (χ2v) is 6.55. The molecule has 0 radical (unpaired) electrons. The molecule has 3 aromatic carbocycles. The van der Waals surface area contributed by atoms with Gasteiger partial charge in [0.25, 0.3) is 11.8 Å². The van der Waals surface area contributed by atoms with Gasteiger partial charge in [-0.05, 0) is 61.0 Å². The molecule has 0 aliphatic carbocycles. The number of halogens is 1. The van der Waals surface area contributed by atoms with Crippen LogP contribution in [0.25, 0.3) is 0 Å². The van der Waals surface area contributed by atoms with E-state index in [-0.39, 0.29) is 18.4 Å². The summed E-state index contributed by atoms with van der Waals surface area (Å²) in [4.78, 5) is 24.1. The molecule has 2 amide bonds. The van der Waals surface area contributed by atoms with Gasteiger partial charge in [-0.1, -0.05) is 35.9 Å². The Balaban J connectivity index is 1.50. The average molecular weight is 395 g/mol. The summed E-state index contributed by atoms with van der Waals surface area (Å²) in [7, 11) is 0. The molecule has 0 saturated heterocycles. The monoisotopic (exact) mass is 394 g/mol. The van der Waals surface area contributed by atoms with Crippen LogP contribution in [0.15, 0.2) is 72.8 Å². The predicted octanol–water partition coefficient (Wildman–Crippen LogP) is 4.92. The van der Waals surface area contributed by atoms with E-state index in [4.69, 9.17) is 16.3 Å². The molecular weight excluding hydrogens is 376 g/mol. The number of carbonyl (C=O) groups excluding carboxylic acids is 2. The van der Waals surface area contributed by atoms with Crippen LogP contribution < -0.4 is 15.4 Å². The van der Waals surface area contributed by atoms with Crippen molar-refractivity contribution < 1.29 is 14.3 Å². The van der Waals surface area contributed by atoms with Crippen LogP contribution in [0.2, 0.25) is 5.02 Å². The predicted molar refractivity (Wildman–Crippen MR) is 111 cm³/mol. The SMILES string of the molecule is Cc1ccc(NC(=O)COc2ccc(NC(=O)c3ccccc3)cc2)cc1Cl. The van der Waals surface area contributed by atoms with Crippen molar-refractivity contribution in [3.05, 3.63) is 88.9 Å². The van der Waals surface area contributed by atoms with E-state index in [2.05, 4.69) is 10.6 Å². The molecule has 6 heteroatoms. The first-order chi connectivity index (χ1) is 13.5. The van der Waals surface area contributed by atoms with Crippen LogP contribution in [0.5, 0.6) is 5.75 Å². The molecular formula is C22H19ClN2O3. The molecule has 2 N–H and O–H groups in total. The van der Waals surface area contributed by atoms with Crippen LogP contribution >= 0.6 is 11.6 Å². The van der Waals surface area contributed by atoms with E-state index < -0.39 is 0 Å². The van der Waals surface area contributed by atoms with Crippen molar-refractivity contribution in [2.45, 2.75) is 6.92 Å². The molecule has 0 heterocycles. The number of amides is 2. The van der Waals surface area contributed by atoms with Crippen LogP contribution in [0, 0.1) is 6.92 Å². The first-order valence-corrected chi connectivity index (χ1v) is 9.04. The first-order valence-electron chi connectivity index (χ1n) is 8.66. The molecule has 0 fully saturated rings. The van der Waals surface area contributed by atoms with E-state index in [1.807, 2.05) is 19.1 Å². The maximum Gasteiger partial charge on any atom is 0.262 e. The molecule has 142 valence electrons. The Morgan fingerprint density at radius 1 is 0.893 bits per heavy atom. The lowest BCUT2D eigenvalue weighted by atomic mass is 10.2. The highest BCUT2D eigenvalue weighted by Gasteiger charge is 2.07. The van der Waals surface area contributed by atoms with Gasteiger partial charge in [0.15, 0.2) is 6.61 Å². The number of anilines is 2. The third-order valence-electron chi connectivity index (χ3n) is 3.97. The fraction of sp³-hybridized carbons (Fsp3) is 0.0909. The van der Waals surface area contributed by atoms with Crippen molar-refractivity contribution >= 4 is 34.8 Å². The molecule has 0 atom stereocenters. The zero-order valence-corrected chi connectivity index (χ0v) is 16.0. The first kappa shape index (κ1) is 19.5. The lowest BCUT2D eigenvalue weighted by molar-refractivity contribution is -0.118. The summed E-state index contributed by atoms with van der Waals surface area (Å²) in [5.74, 6) is 0.0431. The Kier molecular flexibility index (Phi) is 6.29. The minimum Gasteiger partial charge on any atom is -0.484 e. The van der Waals surface area contributed by atoms with E-state index in [9.17, 15) is 9.59 Å². The third kappa shape index (κ3) is 5.34. The van der Waals surface area contributed by atoms with Crippen LogP contribution in [0.3, 0.4) is 0 Å². The van der Waals surface area contributed by atoms with Crippen molar-refractivity contribution in [3.8, 4) is 5.75 Å². The largest absolute Gasteiger partial charge is 0.484 e. The minimum absolute atomic E-state index is 0.138. The Morgan fingerprint density at radius 2 is 1.57 bits per heavy atom. The maximum atomic E-state index is 12.1. The van der Waals surface area contributed by atoms with Gasteiger partial charge in [0.05, 0.1) is 0 Å². The van der Waals surface area contributed by atoms with Gasteiger partial charge in [0.1, 0.15) is 5.75 Å². The number of aryl methyl sites for hydroxylation is 1. The van der Waals surface area contributed by atoms with Crippen molar-refractivity contribution in [2.24, 2.45) is 0 Å². The smallest absolute Gasteiger partial charge is 0.262 e. The number of benzene rings is 3. The number of nitrogens with one attached hydrogen (secondary N) is 2. The molecule has 0 saturated carbocycles. The topological polar surface area (TPSA) is 67.4 Å². The summed E-state index contributed by atoms with van der Waals surface area (Å²) in [6.45, 7) is 1.75. The second-order valence-electron chi connectivity index (χ2n) is 6.15. The van der Waals surface area contributed by atoms with Gasteiger partial charge in [-0.25, -0.2) is 0 Å². The molecule has 0 bridgehead atoms. The van der Waals surface area contributed by atoms with Crippen molar-refractivity contribution in [2.75, 3.05) is 17.2 Å². The standard InChI is InChI=1S/C22H19ClN2O3/c1-15-7-8-18(13-20(15)23)24-21(26)14-28-19-11-9-17(10-12-19)25-22(27)16-5-3-2-4-6-16/h2-13H,14H2,1H3,(H,24,26)(H,25,27). The lowest BCUT2D eigenvalue weighted by Gasteiger charge is -2.10. The molecule has 5 nitrogen and oxygen atoms in total. The van der Waals surface area contributed by atoms with E-state index in [0.29, 0.717) is 27.7 Å². The summed E-state index contributed by atoms with van der Waals surface area (Å²) < 4.78 is 5.48. The van der Waals surface area contributed by atoms with E-state index in [1.54, 1.807) is 60.7 Å². The lowest BCUT2D eigenvalue weighted by Crippen LogP contribution is -2.20. The quantitative estimate of drug-likeness (QED) is 0.623. The van der Waals surface area contributed by atoms with E-state index in [0.717, 1.165) is 5.56 Å². The maximum absolute atomic E-state index is 12.1. The van der Waals surface area contributed by atoms with Gasteiger partial charge in [0, 0.05) is 22.0 Å². The highest BCUT2D eigenvalue weighted by Crippen LogP contribution is 2.20. The van der Waals surface area contributed by atoms with Gasteiger partial charge < -0.3 is 15.4 Å². The Morgan fingerprint density at radius 3 is 2.25 bits per heavy atom. The van der Waals surface area contributed by atoms with Crippen LogP contribution in [0.4, 0.5) is 11.4 Å². The van der Waals surface area contributed by atoms with Gasteiger partial charge in [0.2, 0.25) is 0 Å². The third-order valence-corrected chi connectivity index (χ3v) is 4.38. The molecule has 3 rings (SSSR count). The summed E-state index contributed by atoms with van der Waals surface area (Å²) in [5.41, 5.74) is 2.77. The van der Waals surface area contributed by atoms with Crippen LogP contribution in [-0.4, -0.2) is 18.4 Å². The number of rotatable bonds is 6. The molecule has 0 unspecified atom stereocenters. The van der Waals surface area contributed by atoms with Gasteiger partial charge in [-0.15, -0.1) is 0 Å². The highest BCUT2D eigenvalue weighted by molar-refractivity contribution is 6.31. The van der Waals surface area contributed by atoms with Crippen LogP contribution in [-0.2, 0) is 4.79 Å². The van der Waals surface area contributed by atoms with Gasteiger partial charge in [-0.3, -0.25) is 9.59 Å². The molecule has 3 aromatic rings. The average Bonchev–Trinajstić information content (AvgIpc) is 2.71. The second kappa shape index (κ2) is 9.06. The summed E-state index contributed by atoms with van der Waals surface area (Å²) in [6, 6.07) is 21.1. The fourth-order valence-corrected chi connectivity index (χ4v) is 2.62. The molecule has 0 aliphatic heterocycles. The summed E-state index contributed by atoms with van der Waals surface area (Å²) in [6.07, 6.45) is 0. The highest BCUT2D eigenvalue weighted by atomic mass is 35.5. The molecule has 0 spiro atoms.